The molecule has 1 aromatic rings. The van der Waals surface area contributed by atoms with Gasteiger partial charge in [0.2, 0.25) is 0 Å². The lowest BCUT2D eigenvalue weighted by Gasteiger charge is -2.14. The van der Waals surface area contributed by atoms with Crippen molar-refractivity contribution >= 4 is 21.5 Å². The van der Waals surface area contributed by atoms with E-state index in [1.165, 1.54) is 7.05 Å². The summed E-state index contributed by atoms with van der Waals surface area (Å²) in [6.07, 6.45) is -3.37. The molecule has 1 aliphatic rings. The maximum Gasteiger partial charge on any atom is 0.416 e. The summed E-state index contributed by atoms with van der Waals surface area (Å²) >= 11 is 0. The average Bonchev–Trinajstić information content (AvgIpc) is 2.74. The molecule has 1 saturated heterocycles. The van der Waals surface area contributed by atoms with Gasteiger partial charge in [-0.1, -0.05) is 0 Å². The molecular weight excluding hydrogens is 307 g/mol. The van der Waals surface area contributed by atoms with Crippen molar-refractivity contribution in [3.8, 4) is 0 Å². The molecule has 1 aromatic heterocycles. The zero-order chi connectivity index (χ0) is 15.7. The third-order valence-corrected chi connectivity index (χ3v) is 5.66. The van der Waals surface area contributed by atoms with Crippen LogP contribution in [0.5, 0.6) is 0 Å². The number of sulfone groups is 1. The number of hydrogen-bond acceptors (Lipinski definition) is 5. The van der Waals surface area contributed by atoms with Crippen LogP contribution >= 0.6 is 0 Å². The zero-order valence-corrected chi connectivity index (χ0v) is 12.2. The van der Waals surface area contributed by atoms with Crippen LogP contribution in [0.2, 0.25) is 0 Å². The molecule has 0 spiro atoms. The van der Waals surface area contributed by atoms with E-state index >= 15 is 0 Å². The van der Waals surface area contributed by atoms with Gasteiger partial charge in [0.05, 0.1) is 16.6 Å². The summed E-state index contributed by atoms with van der Waals surface area (Å²) < 4.78 is 61.7. The first-order chi connectivity index (χ1) is 9.72. The molecule has 1 fully saturated rings. The minimum Gasteiger partial charge on any atom is -0.373 e. The third kappa shape index (κ3) is 3.78. The van der Waals surface area contributed by atoms with E-state index in [1.54, 1.807) is 0 Å². The maximum absolute atomic E-state index is 12.8. The Labute approximate surface area is 120 Å². The Kier molecular flexibility index (Phi) is 4.31. The van der Waals surface area contributed by atoms with Gasteiger partial charge in [0.25, 0.3) is 0 Å². The van der Waals surface area contributed by atoms with Crippen LogP contribution in [0, 0.1) is 0 Å². The SMILES string of the molecule is CNc1cc(C(F)(F)F)cc(NCC2CCCS2(=O)=O)n1. The molecule has 0 aliphatic carbocycles. The van der Waals surface area contributed by atoms with E-state index in [-0.39, 0.29) is 23.9 Å². The summed E-state index contributed by atoms with van der Waals surface area (Å²) in [5.74, 6) is 0.217. The molecule has 21 heavy (non-hydrogen) atoms. The summed E-state index contributed by atoms with van der Waals surface area (Å²) in [7, 11) is -1.67. The van der Waals surface area contributed by atoms with Gasteiger partial charge < -0.3 is 10.6 Å². The van der Waals surface area contributed by atoms with Gasteiger partial charge in [-0.3, -0.25) is 0 Å². The first-order valence-electron chi connectivity index (χ1n) is 6.45. The van der Waals surface area contributed by atoms with Crippen molar-refractivity contribution < 1.29 is 21.6 Å². The molecule has 2 heterocycles. The van der Waals surface area contributed by atoms with Gasteiger partial charge in [-0.25, -0.2) is 13.4 Å². The van der Waals surface area contributed by atoms with Gasteiger partial charge >= 0.3 is 6.18 Å². The smallest absolute Gasteiger partial charge is 0.373 e. The normalized spacial score (nSPS) is 21.2. The molecular formula is C12H16F3N3O2S. The van der Waals surface area contributed by atoms with Crippen molar-refractivity contribution in [3.05, 3.63) is 17.7 Å². The van der Waals surface area contributed by atoms with E-state index in [0.29, 0.717) is 12.8 Å². The maximum atomic E-state index is 12.8. The van der Waals surface area contributed by atoms with Gasteiger partial charge in [-0.05, 0) is 25.0 Å². The number of alkyl halides is 3. The molecule has 2 rings (SSSR count). The fraction of sp³-hybridized carbons (Fsp3) is 0.583. The Morgan fingerprint density at radius 3 is 2.52 bits per heavy atom. The predicted molar refractivity (Wildman–Crippen MR) is 74.1 cm³/mol. The van der Waals surface area contributed by atoms with Gasteiger partial charge in [0.1, 0.15) is 11.6 Å². The van der Waals surface area contributed by atoms with Crippen LogP contribution < -0.4 is 10.6 Å². The number of hydrogen-bond donors (Lipinski definition) is 2. The van der Waals surface area contributed by atoms with Crippen molar-refractivity contribution in [2.24, 2.45) is 0 Å². The summed E-state index contributed by atoms with van der Waals surface area (Å²) in [5, 5.41) is 4.69. The van der Waals surface area contributed by atoms with Crippen molar-refractivity contribution in [3.63, 3.8) is 0 Å². The molecule has 118 valence electrons. The fourth-order valence-electron chi connectivity index (χ4n) is 2.22. The van der Waals surface area contributed by atoms with Gasteiger partial charge in [-0.15, -0.1) is 0 Å². The minimum absolute atomic E-state index is 0.0104. The minimum atomic E-state index is -4.48. The van der Waals surface area contributed by atoms with Crippen molar-refractivity contribution in [1.82, 2.24) is 4.98 Å². The van der Waals surface area contributed by atoms with E-state index in [1.807, 2.05) is 0 Å². The molecule has 5 nitrogen and oxygen atoms in total. The number of anilines is 2. The Bertz CT molecular complexity index is 617. The molecule has 1 unspecified atom stereocenters. The van der Waals surface area contributed by atoms with Crippen LogP contribution in [0.15, 0.2) is 12.1 Å². The highest BCUT2D eigenvalue weighted by Gasteiger charge is 2.33. The lowest BCUT2D eigenvalue weighted by atomic mass is 10.2. The summed E-state index contributed by atoms with van der Waals surface area (Å²) in [5.41, 5.74) is -0.835. The summed E-state index contributed by atoms with van der Waals surface area (Å²) in [4.78, 5) is 3.96. The fourth-order valence-corrected chi connectivity index (χ4v) is 3.98. The Morgan fingerprint density at radius 1 is 1.33 bits per heavy atom. The first-order valence-corrected chi connectivity index (χ1v) is 8.16. The van der Waals surface area contributed by atoms with E-state index < -0.39 is 26.8 Å². The summed E-state index contributed by atoms with van der Waals surface area (Å²) in [6, 6.07) is 1.78. The Hall–Kier alpha value is -1.51. The predicted octanol–water partition coefficient (Wildman–Crippen LogP) is 2.13. The first kappa shape index (κ1) is 15.9. The quantitative estimate of drug-likeness (QED) is 0.888. The van der Waals surface area contributed by atoms with Crippen molar-refractivity contribution in [2.45, 2.75) is 24.3 Å². The highest BCUT2D eigenvalue weighted by Crippen LogP contribution is 2.32. The average molecular weight is 323 g/mol. The number of nitrogens with zero attached hydrogens (tertiary/aromatic N) is 1. The van der Waals surface area contributed by atoms with Gasteiger partial charge in [-0.2, -0.15) is 13.2 Å². The second-order valence-corrected chi connectivity index (χ2v) is 7.29. The molecule has 0 amide bonds. The summed E-state index contributed by atoms with van der Waals surface area (Å²) in [6.45, 7) is 0.0692. The Morgan fingerprint density at radius 2 is 2.00 bits per heavy atom. The van der Waals surface area contributed by atoms with Gasteiger partial charge in [0, 0.05) is 13.6 Å². The molecule has 1 atom stereocenters. The third-order valence-electron chi connectivity index (χ3n) is 3.38. The molecule has 0 aromatic carbocycles. The highest BCUT2D eigenvalue weighted by atomic mass is 32.2. The molecule has 0 radical (unpaired) electrons. The number of aromatic nitrogens is 1. The largest absolute Gasteiger partial charge is 0.416 e. The van der Waals surface area contributed by atoms with E-state index in [4.69, 9.17) is 0 Å². The number of rotatable bonds is 4. The second kappa shape index (κ2) is 5.70. The molecule has 0 saturated carbocycles. The van der Waals surface area contributed by atoms with E-state index in [2.05, 4.69) is 15.6 Å². The lowest BCUT2D eigenvalue weighted by Crippen LogP contribution is -2.25. The van der Waals surface area contributed by atoms with E-state index in [0.717, 1.165) is 12.1 Å². The van der Waals surface area contributed by atoms with Crippen LogP contribution in [0.1, 0.15) is 18.4 Å². The molecule has 9 heteroatoms. The standard InChI is InChI=1S/C12H16F3N3O2S/c1-16-10-5-8(12(13,14)15)6-11(18-10)17-7-9-3-2-4-21(9,19)20/h5-6,9H,2-4,7H2,1H3,(H2,16,17,18). The second-order valence-electron chi connectivity index (χ2n) is 4.89. The zero-order valence-electron chi connectivity index (χ0n) is 11.4. The number of pyridine rings is 1. The van der Waals surface area contributed by atoms with Crippen LogP contribution in [0.3, 0.4) is 0 Å². The lowest BCUT2D eigenvalue weighted by molar-refractivity contribution is -0.137. The van der Waals surface area contributed by atoms with Crippen molar-refractivity contribution in [2.75, 3.05) is 30.0 Å². The molecule has 0 bridgehead atoms. The topological polar surface area (TPSA) is 71.1 Å². The van der Waals surface area contributed by atoms with Crippen LogP contribution in [-0.4, -0.2) is 38.0 Å². The van der Waals surface area contributed by atoms with Crippen LogP contribution in [-0.2, 0) is 16.0 Å². The Balaban J connectivity index is 2.16. The number of halogens is 3. The van der Waals surface area contributed by atoms with Gasteiger partial charge in [0.15, 0.2) is 9.84 Å². The molecule has 2 N–H and O–H groups in total. The van der Waals surface area contributed by atoms with Crippen LogP contribution in [0.4, 0.5) is 24.8 Å². The number of nitrogens with one attached hydrogen (secondary N) is 2. The van der Waals surface area contributed by atoms with Crippen molar-refractivity contribution in [1.29, 1.82) is 0 Å². The molecule has 1 aliphatic heterocycles. The van der Waals surface area contributed by atoms with E-state index in [9.17, 15) is 21.6 Å². The van der Waals surface area contributed by atoms with Crippen LogP contribution in [0.25, 0.3) is 0 Å². The highest BCUT2D eigenvalue weighted by molar-refractivity contribution is 7.92. The monoisotopic (exact) mass is 323 g/mol.